The highest BCUT2D eigenvalue weighted by atomic mass is 35.6. The lowest BCUT2D eigenvalue weighted by atomic mass is 10.0. The second-order valence-electron chi connectivity index (χ2n) is 4.54. The lowest BCUT2D eigenvalue weighted by Crippen LogP contribution is -2.69. The molecule has 22 heavy (non-hydrogen) atoms. The van der Waals surface area contributed by atoms with Crippen molar-refractivity contribution in [2.24, 2.45) is 0 Å². The van der Waals surface area contributed by atoms with Crippen molar-refractivity contribution in [2.75, 3.05) is 19.6 Å². The molecule has 1 aliphatic heterocycles. The summed E-state index contributed by atoms with van der Waals surface area (Å²) in [6.45, 7) is 1.33. The van der Waals surface area contributed by atoms with Crippen LogP contribution in [0.25, 0.3) is 0 Å². The zero-order valence-electron chi connectivity index (χ0n) is 11.0. The van der Waals surface area contributed by atoms with E-state index in [0.29, 0.717) is 32.5 Å². The Morgan fingerprint density at radius 1 is 1.05 bits per heavy atom. The van der Waals surface area contributed by atoms with Crippen LogP contribution in [0, 0.1) is 0 Å². The van der Waals surface area contributed by atoms with Gasteiger partial charge in [-0.05, 0) is 0 Å². The van der Waals surface area contributed by atoms with E-state index in [4.69, 9.17) is 69.6 Å². The topological polar surface area (TPSA) is 73.5 Å². The molecule has 1 aliphatic rings. The smallest absolute Gasteiger partial charge is 0.223 e. The van der Waals surface area contributed by atoms with Crippen molar-refractivity contribution in [3.8, 4) is 0 Å². The van der Waals surface area contributed by atoms with Crippen molar-refractivity contribution in [1.82, 2.24) is 20.9 Å². The van der Waals surface area contributed by atoms with Gasteiger partial charge in [0, 0.05) is 25.7 Å². The maximum Gasteiger partial charge on any atom is 0.223 e. The van der Waals surface area contributed by atoms with E-state index in [9.17, 15) is 9.59 Å². The first kappa shape index (κ1) is 20.6. The number of hydrogen-bond acceptors (Lipinski definition) is 4. The molecule has 0 saturated carbocycles. The molecule has 6 nitrogen and oxygen atoms in total. The van der Waals surface area contributed by atoms with Gasteiger partial charge in [0.05, 0.1) is 6.04 Å². The fourth-order valence-electron chi connectivity index (χ4n) is 2.31. The third-order valence-corrected chi connectivity index (χ3v) is 4.50. The Labute approximate surface area is 158 Å². The Balaban J connectivity index is 3.11. The summed E-state index contributed by atoms with van der Waals surface area (Å²) >= 11 is 35.6. The number of alkyl halides is 6. The molecule has 0 radical (unpaired) electrons. The monoisotopic (exact) mass is 432 g/mol. The van der Waals surface area contributed by atoms with Crippen LogP contribution in [0.15, 0.2) is 0 Å². The van der Waals surface area contributed by atoms with Gasteiger partial charge in [0.25, 0.3) is 0 Å². The fraction of sp³-hybridized carbons (Fsp3) is 0.800. The number of amides is 2. The maximum absolute atomic E-state index is 10.8. The molecule has 0 aromatic heterocycles. The quantitative estimate of drug-likeness (QED) is 0.433. The first-order valence-corrected chi connectivity index (χ1v) is 8.39. The van der Waals surface area contributed by atoms with Gasteiger partial charge >= 0.3 is 0 Å². The van der Waals surface area contributed by atoms with E-state index in [2.05, 4.69) is 16.0 Å². The Bertz CT molecular complexity index is 353. The molecule has 3 atom stereocenters. The molecule has 0 bridgehead atoms. The summed E-state index contributed by atoms with van der Waals surface area (Å²) in [7, 11) is 0. The minimum Gasteiger partial charge on any atom is -0.350 e. The van der Waals surface area contributed by atoms with Crippen LogP contribution in [-0.2, 0) is 9.59 Å². The van der Waals surface area contributed by atoms with Crippen LogP contribution in [0.2, 0.25) is 0 Å². The summed E-state index contributed by atoms with van der Waals surface area (Å²) in [5.74, 6) is 0. The molecular formula is C10H14Cl6N4O2. The second kappa shape index (κ2) is 8.62. The number of carbonyl (C=O) groups excluding carboxylic acids is 2. The Morgan fingerprint density at radius 2 is 1.64 bits per heavy atom. The number of nitrogens with zero attached hydrogens (tertiary/aromatic N) is 1. The van der Waals surface area contributed by atoms with Gasteiger partial charge in [-0.15, -0.1) is 0 Å². The number of hydrogen-bond donors (Lipinski definition) is 3. The predicted octanol–water partition coefficient (Wildman–Crippen LogP) is 1.19. The van der Waals surface area contributed by atoms with Crippen LogP contribution in [0.5, 0.6) is 0 Å². The summed E-state index contributed by atoms with van der Waals surface area (Å²) in [6.07, 6.45) is -0.106. The van der Waals surface area contributed by atoms with Crippen molar-refractivity contribution in [2.45, 2.75) is 25.8 Å². The fourth-order valence-corrected chi connectivity index (χ4v) is 3.50. The number of nitrogens with one attached hydrogen (secondary N) is 3. The zero-order valence-corrected chi connectivity index (χ0v) is 15.6. The van der Waals surface area contributed by atoms with E-state index in [0.717, 1.165) is 0 Å². The summed E-state index contributed by atoms with van der Waals surface area (Å²) in [5, 5.41) is 8.02. The van der Waals surface area contributed by atoms with Crippen molar-refractivity contribution in [3.05, 3.63) is 0 Å². The van der Waals surface area contributed by atoms with E-state index in [1.54, 1.807) is 4.90 Å². The number of rotatable bonds is 6. The van der Waals surface area contributed by atoms with E-state index >= 15 is 0 Å². The third-order valence-electron chi connectivity index (χ3n) is 3.18. The summed E-state index contributed by atoms with van der Waals surface area (Å²) in [6, 6.07) is -1.41. The van der Waals surface area contributed by atoms with Crippen LogP contribution >= 0.6 is 69.6 Å². The van der Waals surface area contributed by atoms with Gasteiger partial charge in [-0.2, -0.15) is 0 Å². The SMILES string of the molecule is O=CNC(C1CNCCN1C(NC=O)C(Cl)(Cl)Cl)C(Cl)(Cl)Cl. The van der Waals surface area contributed by atoms with E-state index in [1.165, 1.54) is 0 Å². The van der Waals surface area contributed by atoms with Gasteiger partial charge in [-0.25, -0.2) is 0 Å². The van der Waals surface area contributed by atoms with E-state index in [1.807, 2.05) is 0 Å². The highest BCUT2D eigenvalue weighted by Gasteiger charge is 2.47. The minimum absolute atomic E-state index is 0.358. The molecule has 3 N–H and O–H groups in total. The van der Waals surface area contributed by atoms with Crippen molar-refractivity contribution >= 4 is 82.4 Å². The van der Waals surface area contributed by atoms with Gasteiger partial charge in [0.2, 0.25) is 20.4 Å². The molecule has 0 aliphatic carbocycles. The van der Waals surface area contributed by atoms with Gasteiger partial charge in [0.15, 0.2) is 0 Å². The molecule has 128 valence electrons. The average molecular weight is 435 g/mol. The van der Waals surface area contributed by atoms with Gasteiger partial charge in [0.1, 0.15) is 6.17 Å². The van der Waals surface area contributed by atoms with Crippen LogP contribution in [0.3, 0.4) is 0 Å². The Morgan fingerprint density at radius 3 is 2.09 bits per heavy atom. The number of halogens is 6. The van der Waals surface area contributed by atoms with Crippen molar-refractivity contribution in [3.63, 3.8) is 0 Å². The van der Waals surface area contributed by atoms with Crippen LogP contribution in [0.4, 0.5) is 0 Å². The molecular weight excluding hydrogens is 421 g/mol. The third kappa shape index (κ3) is 5.60. The summed E-state index contributed by atoms with van der Waals surface area (Å²) < 4.78 is -3.60. The molecule has 12 heteroatoms. The predicted molar refractivity (Wildman–Crippen MR) is 89.9 cm³/mol. The molecule has 1 heterocycles. The zero-order chi connectivity index (χ0) is 17.0. The first-order valence-electron chi connectivity index (χ1n) is 6.12. The molecule has 0 spiro atoms. The van der Waals surface area contributed by atoms with Gasteiger partial charge in [-0.1, -0.05) is 69.6 Å². The van der Waals surface area contributed by atoms with Crippen molar-refractivity contribution < 1.29 is 9.59 Å². The van der Waals surface area contributed by atoms with Gasteiger partial charge < -0.3 is 16.0 Å². The molecule has 0 aromatic rings. The second-order valence-corrected chi connectivity index (χ2v) is 9.28. The summed E-state index contributed by atoms with van der Waals surface area (Å²) in [4.78, 5) is 23.3. The van der Waals surface area contributed by atoms with Crippen LogP contribution < -0.4 is 16.0 Å². The molecule has 3 unspecified atom stereocenters. The maximum atomic E-state index is 10.8. The lowest BCUT2D eigenvalue weighted by molar-refractivity contribution is -0.113. The Kier molecular flexibility index (Phi) is 8.09. The highest BCUT2D eigenvalue weighted by Crippen LogP contribution is 2.37. The molecule has 1 fully saturated rings. The van der Waals surface area contributed by atoms with E-state index in [-0.39, 0.29) is 0 Å². The minimum atomic E-state index is -1.81. The lowest BCUT2D eigenvalue weighted by Gasteiger charge is -2.47. The standard InChI is InChI=1S/C10H14Cl6N4O2/c11-9(12,13)7(18-4-21)6-3-17-1-2-20(6)8(19-5-22)10(14,15)16/h4-8,17H,1-3H2,(H,18,21)(H,19,22). The molecule has 1 rings (SSSR count). The Hall–Kier alpha value is 0.600. The molecule has 1 saturated heterocycles. The average Bonchev–Trinajstić information content (AvgIpc) is 2.40. The highest BCUT2D eigenvalue weighted by molar-refractivity contribution is 6.68. The first-order chi connectivity index (χ1) is 10.1. The summed E-state index contributed by atoms with van der Waals surface area (Å²) in [5.41, 5.74) is 0. The largest absolute Gasteiger partial charge is 0.350 e. The number of carbonyl (C=O) groups is 2. The molecule has 0 aromatic carbocycles. The molecule has 2 amide bonds. The van der Waals surface area contributed by atoms with Crippen LogP contribution in [0.1, 0.15) is 0 Å². The van der Waals surface area contributed by atoms with E-state index < -0.39 is 25.8 Å². The normalized spacial score (nSPS) is 23.5. The van der Waals surface area contributed by atoms with Crippen molar-refractivity contribution in [1.29, 1.82) is 0 Å². The van der Waals surface area contributed by atoms with Crippen LogP contribution in [-0.4, -0.2) is 63.2 Å². The van der Waals surface area contributed by atoms with Gasteiger partial charge in [-0.3, -0.25) is 14.5 Å². The number of piperazine rings is 1.